The second-order valence-electron chi connectivity index (χ2n) is 4.46. The molecule has 0 radical (unpaired) electrons. The summed E-state index contributed by atoms with van der Waals surface area (Å²) in [7, 11) is 1.69. The van der Waals surface area contributed by atoms with Crippen molar-refractivity contribution >= 4 is 54.1 Å². The lowest BCUT2D eigenvalue weighted by atomic mass is 10.1. The summed E-state index contributed by atoms with van der Waals surface area (Å²) in [4.78, 5) is 4.58. The molecule has 0 bridgehead atoms. The van der Waals surface area contributed by atoms with Gasteiger partial charge in [-0.15, -0.1) is 11.3 Å². The third-order valence-electron chi connectivity index (χ3n) is 3.42. The molecule has 0 aliphatic rings. The van der Waals surface area contributed by atoms with Crippen LogP contribution in [-0.4, -0.2) is 12.1 Å². The lowest BCUT2D eigenvalue weighted by Gasteiger charge is -1.99. The van der Waals surface area contributed by atoms with Crippen molar-refractivity contribution in [2.45, 2.75) is 0 Å². The number of halogens is 1. The minimum Gasteiger partial charge on any atom is -0.497 e. The van der Waals surface area contributed by atoms with Crippen LogP contribution in [0.1, 0.15) is 0 Å². The number of nitrogens with one attached hydrogen (secondary N) is 1. The zero-order valence-corrected chi connectivity index (χ0v) is 11.7. The highest BCUT2D eigenvalue weighted by Gasteiger charge is 2.13. The molecule has 2 aromatic carbocycles. The van der Waals surface area contributed by atoms with Crippen molar-refractivity contribution in [2.75, 3.05) is 7.11 Å². The summed E-state index contributed by atoms with van der Waals surface area (Å²) in [5.41, 5.74) is 1.02. The van der Waals surface area contributed by atoms with Crippen molar-refractivity contribution in [1.29, 1.82) is 0 Å². The van der Waals surface area contributed by atoms with E-state index < -0.39 is 0 Å². The van der Waals surface area contributed by atoms with Gasteiger partial charge in [0.25, 0.3) is 0 Å². The molecule has 0 amide bonds. The number of aromatic nitrogens is 1. The summed E-state index contributed by atoms with van der Waals surface area (Å²) in [6, 6.07) is 12.2. The lowest BCUT2D eigenvalue weighted by Crippen LogP contribution is -1.80. The molecule has 0 aliphatic carbocycles. The average Bonchev–Trinajstić information content (AvgIpc) is 2.94. The smallest absolute Gasteiger partial charge is 0.120 e. The van der Waals surface area contributed by atoms with Gasteiger partial charge in [-0.1, -0.05) is 23.7 Å². The van der Waals surface area contributed by atoms with E-state index >= 15 is 0 Å². The number of thiophene rings is 1. The van der Waals surface area contributed by atoms with Crippen LogP contribution in [-0.2, 0) is 0 Å². The van der Waals surface area contributed by atoms with Crippen LogP contribution in [0.4, 0.5) is 0 Å². The summed E-state index contributed by atoms with van der Waals surface area (Å²) >= 11 is 7.97. The Morgan fingerprint density at radius 3 is 2.89 bits per heavy atom. The van der Waals surface area contributed by atoms with Crippen molar-refractivity contribution in [3.05, 3.63) is 41.4 Å². The van der Waals surface area contributed by atoms with Gasteiger partial charge in [0.15, 0.2) is 0 Å². The van der Waals surface area contributed by atoms with Gasteiger partial charge in [0.05, 0.1) is 17.6 Å². The van der Waals surface area contributed by atoms with Crippen molar-refractivity contribution < 1.29 is 4.74 Å². The summed E-state index contributed by atoms with van der Waals surface area (Å²) in [6.45, 7) is 0. The Bertz CT molecular complexity index is 922. The number of methoxy groups -OCH3 is 1. The molecule has 4 aromatic rings. The van der Waals surface area contributed by atoms with Crippen molar-refractivity contribution in [1.82, 2.24) is 4.98 Å². The maximum Gasteiger partial charge on any atom is 0.120 e. The molecule has 0 saturated heterocycles. The van der Waals surface area contributed by atoms with Crippen LogP contribution in [0.5, 0.6) is 5.75 Å². The fraction of sp³-hybridized carbons (Fsp3) is 0.0667. The zero-order chi connectivity index (χ0) is 13.0. The molecule has 0 atom stereocenters. The number of ether oxygens (including phenoxy) is 1. The van der Waals surface area contributed by atoms with Gasteiger partial charge in [0, 0.05) is 20.9 Å². The first-order chi connectivity index (χ1) is 9.28. The number of H-pyrrole nitrogens is 1. The topological polar surface area (TPSA) is 25.0 Å². The van der Waals surface area contributed by atoms with E-state index in [1.54, 1.807) is 18.4 Å². The quantitative estimate of drug-likeness (QED) is 0.511. The lowest BCUT2D eigenvalue weighted by molar-refractivity contribution is 0.415. The molecule has 0 unspecified atom stereocenters. The highest BCUT2D eigenvalue weighted by molar-refractivity contribution is 7.25. The minimum atomic E-state index is 0.766. The Morgan fingerprint density at radius 2 is 2.05 bits per heavy atom. The number of aromatic amines is 1. The van der Waals surface area contributed by atoms with E-state index in [0.717, 1.165) is 21.1 Å². The Morgan fingerprint density at radius 1 is 1.16 bits per heavy atom. The van der Waals surface area contributed by atoms with E-state index in [1.807, 2.05) is 18.2 Å². The van der Waals surface area contributed by atoms with Crippen molar-refractivity contribution in [3.63, 3.8) is 0 Å². The first-order valence-corrected chi connectivity index (χ1v) is 7.14. The molecule has 0 fully saturated rings. The Labute approximate surface area is 118 Å². The Kier molecular flexibility index (Phi) is 2.28. The number of para-hydroxylation sites is 1. The fourth-order valence-corrected chi connectivity index (χ4v) is 3.90. The van der Waals surface area contributed by atoms with Gasteiger partial charge in [-0.25, -0.2) is 0 Å². The molecular formula is C15H10ClNOS. The highest BCUT2D eigenvalue weighted by atomic mass is 35.5. The molecule has 19 heavy (non-hydrogen) atoms. The van der Waals surface area contributed by atoms with Crippen LogP contribution in [0.3, 0.4) is 0 Å². The van der Waals surface area contributed by atoms with Gasteiger partial charge in [-0.3, -0.25) is 0 Å². The summed E-state index contributed by atoms with van der Waals surface area (Å²) in [6.07, 6.45) is 0. The normalized spacial score (nSPS) is 11.7. The van der Waals surface area contributed by atoms with E-state index in [-0.39, 0.29) is 0 Å². The number of hydrogen-bond donors (Lipinski definition) is 1. The third-order valence-corrected chi connectivity index (χ3v) is 4.80. The predicted octanol–water partition coefficient (Wildman–Crippen LogP) is 5.20. The molecule has 4 rings (SSSR count). The first kappa shape index (κ1) is 11.1. The van der Waals surface area contributed by atoms with Gasteiger partial charge in [0.1, 0.15) is 10.6 Å². The highest BCUT2D eigenvalue weighted by Crippen LogP contribution is 2.41. The minimum absolute atomic E-state index is 0.766. The van der Waals surface area contributed by atoms with Crippen LogP contribution < -0.4 is 4.74 Å². The van der Waals surface area contributed by atoms with E-state index in [4.69, 9.17) is 16.3 Å². The van der Waals surface area contributed by atoms with Crippen LogP contribution in [0.15, 0.2) is 36.4 Å². The molecule has 0 spiro atoms. The van der Waals surface area contributed by atoms with E-state index in [1.165, 1.54) is 20.9 Å². The molecule has 0 saturated carbocycles. The zero-order valence-electron chi connectivity index (χ0n) is 10.2. The van der Waals surface area contributed by atoms with E-state index in [9.17, 15) is 0 Å². The number of rotatable bonds is 1. The fourth-order valence-electron chi connectivity index (χ4n) is 2.53. The number of hydrogen-bond acceptors (Lipinski definition) is 2. The molecule has 2 heterocycles. The van der Waals surface area contributed by atoms with Gasteiger partial charge in [0.2, 0.25) is 0 Å². The molecule has 94 valence electrons. The van der Waals surface area contributed by atoms with Crippen molar-refractivity contribution in [3.8, 4) is 5.75 Å². The molecule has 4 heteroatoms. The Balaban J connectivity index is 2.20. The monoisotopic (exact) mass is 287 g/mol. The maximum absolute atomic E-state index is 6.24. The van der Waals surface area contributed by atoms with Crippen LogP contribution in [0.2, 0.25) is 5.02 Å². The second-order valence-corrected chi connectivity index (χ2v) is 5.92. The molecule has 2 aromatic heterocycles. The van der Waals surface area contributed by atoms with Gasteiger partial charge in [-0.05, 0) is 24.3 Å². The summed E-state index contributed by atoms with van der Waals surface area (Å²) in [5.74, 6) is 0.888. The molecular weight excluding hydrogens is 278 g/mol. The number of benzene rings is 2. The summed E-state index contributed by atoms with van der Waals surface area (Å²) in [5, 5.41) is 4.44. The first-order valence-electron chi connectivity index (χ1n) is 5.94. The SMILES string of the molecule is COc1ccc2c(c1)sc1[nH]c3c(Cl)cccc3c12. The van der Waals surface area contributed by atoms with E-state index in [2.05, 4.69) is 23.2 Å². The maximum atomic E-state index is 6.24. The van der Waals surface area contributed by atoms with Crippen LogP contribution in [0.25, 0.3) is 31.2 Å². The molecule has 0 aliphatic heterocycles. The van der Waals surface area contributed by atoms with Crippen LogP contribution >= 0.6 is 22.9 Å². The largest absolute Gasteiger partial charge is 0.497 e. The average molecular weight is 288 g/mol. The third kappa shape index (κ3) is 1.49. The van der Waals surface area contributed by atoms with Crippen LogP contribution in [0, 0.1) is 0 Å². The molecule has 2 nitrogen and oxygen atoms in total. The standard InChI is InChI=1S/C15H10ClNOS/c1-18-8-5-6-9-12(7-8)19-15-13(9)10-3-2-4-11(16)14(10)17-15/h2-7,17H,1H3. The Hall–Kier alpha value is -1.71. The van der Waals surface area contributed by atoms with Crippen molar-refractivity contribution in [2.24, 2.45) is 0 Å². The van der Waals surface area contributed by atoms with Gasteiger partial charge >= 0.3 is 0 Å². The molecule has 1 N–H and O–H groups in total. The predicted molar refractivity (Wildman–Crippen MR) is 82.7 cm³/mol. The second kappa shape index (κ2) is 3.89. The van der Waals surface area contributed by atoms with Gasteiger partial charge < -0.3 is 9.72 Å². The van der Waals surface area contributed by atoms with Gasteiger partial charge in [-0.2, -0.15) is 0 Å². The van der Waals surface area contributed by atoms with E-state index in [0.29, 0.717) is 0 Å². The number of fused-ring (bicyclic) bond motifs is 5. The summed E-state index contributed by atoms with van der Waals surface area (Å²) < 4.78 is 6.50.